The van der Waals surface area contributed by atoms with Gasteiger partial charge in [-0.15, -0.1) is 0 Å². The molecular formula is C31H40O11. The molecule has 3 saturated carbocycles. The van der Waals surface area contributed by atoms with Crippen molar-refractivity contribution in [1.29, 1.82) is 0 Å². The molecule has 0 amide bonds. The van der Waals surface area contributed by atoms with Crippen molar-refractivity contribution >= 4 is 23.7 Å². The standard InChI is InChI=1S/C31H40O11/c1-17(32)30-9-6-5-7-23(34)41-21-14-22-31(37)15-20-26(42-22)29(28(21,31)4,11-10-27(20,3)36)16-38-24(35)13-19(8-12-39-30)25(30)40-18(2)33/h5,7,13,20-22,25-26,36-37H,6,8-12,14-16H2,1-4H3. The molecule has 8 bridgehead atoms. The molecule has 4 heterocycles. The molecular weight excluding hydrogens is 548 g/mol. The van der Waals surface area contributed by atoms with Gasteiger partial charge in [-0.2, -0.15) is 0 Å². The molecule has 11 heteroatoms. The van der Waals surface area contributed by atoms with Gasteiger partial charge in [0.25, 0.3) is 0 Å². The fourth-order valence-corrected chi connectivity index (χ4v) is 9.16. The average Bonchev–Trinajstić information content (AvgIpc) is 3.06. The van der Waals surface area contributed by atoms with Crippen LogP contribution < -0.4 is 0 Å². The predicted molar refractivity (Wildman–Crippen MR) is 144 cm³/mol. The number of ketones is 1. The largest absolute Gasteiger partial charge is 0.462 e. The van der Waals surface area contributed by atoms with E-state index in [1.807, 2.05) is 6.92 Å². The Morgan fingerprint density at radius 2 is 1.81 bits per heavy atom. The van der Waals surface area contributed by atoms with Crippen LogP contribution in [0.3, 0.4) is 0 Å². The van der Waals surface area contributed by atoms with E-state index in [9.17, 15) is 29.4 Å². The van der Waals surface area contributed by atoms with Crippen LogP contribution in [0.1, 0.15) is 72.6 Å². The highest BCUT2D eigenvalue weighted by atomic mass is 16.6. The minimum atomic E-state index is -1.54. The molecule has 0 aromatic carbocycles. The van der Waals surface area contributed by atoms with Crippen LogP contribution in [0.5, 0.6) is 0 Å². The molecule has 0 aromatic rings. The lowest BCUT2D eigenvalue weighted by Gasteiger charge is -2.71. The Kier molecular flexibility index (Phi) is 6.81. The SMILES string of the molecule is CC(=O)OC1C2=CC(=O)OCC34CCC(C)(O)C5CC6(O)C(CC(OC(=O)C=CCCC1(C(C)=O)OCC2)C63C)OC54. The van der Waals surface area contributed by atoms with Gasteiger partial charge < -0.3 is 33.9 Å². The van der Waals surface area contributed by atoms with Gasteiger partial charge in [0.1, 0.15) is 18.3 Å². The number of carbonyl (C=O) groups is 4. The van der Waals surface area contributed by atoms with E-state index in [2.05, 4.69) is 0 Å². The summed E-state index contributed by atoms with van der Waals surface area (Å²) in [5.74, 6) is -2.72. The van der Waals surface area contributed by atoms with Crippen molar-refractivity contribution in [2.75, 3.05) is 13.2 Å². The minimum absolute atomic E-state index is 0.0966. The normalized spacial score (nSPS) is 48.1. The number of cyclic esters (lactones) is 1. The van der Waals surface area contributed by atoms with Crippen molar-refractivity contribution < 1.29 is 53.1 Å². The highest BCUT2D eigenvalue weighted by molar-refractivity contribution is 5.89. The smallest absolute Gasteiger partial charge is 0.330 e. The second kappa shape index (κ2) is 9.70. The molecule has 10 unspecified atom stereocenters. The predicted octanol–water partition coefficient (Wildman–Crippen LogP) is 1.86. The summed E-state index contributed by atoms with van der Waals surface area (Å²) in [6.45, 7) is 6.19. The Hall–Kier alpha value is -2.60. The molecule has 2 N–H and O–H groups in total. The molecule has 0 aromatic heterocycles. The van der Waals surface area contributed by atoms with Gasteiger partial charge in [0.15, 0.2) is 17.5 Å². The van der Waals surface area contributed by atoms with Gasteiger partial charge in [-0.25, -0.2) is 9.59 Å². The molecule has 10 atom stereocenters. The first-order valence-corrected chi connectivity index (χ1v) is 14.9. The van der Waals surface area contributed by atoms with Gasteiger partial charge in [-0.1, -0.05) is 13.0 Å². The summed E-state index contributed by atoms with van der Waals surface area (Å²) < 4.78 is 30.0. The van der Waals surface area contributed by atoms with Crippen LogP contribution in [-0.2, 0) is 42.9 Å². The zero-order valence-electron chi connectivity index (χ0n) is 24.6. The highest BCUT2D eigenvalue weighted by Gasteiger charge is 2.83. The Morgan fingerprint density at radius 3 is 2.52 bits per heavy atom. The van der Waals surface area contributed by atoms with Gasteiger partial charge in [0, 0.05) is 42.2 Å². The van der Waals surface area contributed by atoms with Crippen LogP contribution in [0.25, 0.3) is 0 Å². The number of hydrogen-bond donors (Lipinski definition) is 2. The number of hydrogen-bond acceptors (Lipinski definition) is 11. The molecule has 6 fully saturated rings. The van der Waals surface area contributed by atoms with Crippen molar-refractivity contribution in [1.82, 2.24) is 0 Å². The molecule has 7 rings (SSSR count). The van der Waals surface area contributed by atoms with Crippen molar-refractivity contribution in [2.45, 2.75) is 114 Å². The Labute approximate surface area is 244 Å². The van der Waals surface area contributed by atoms with Gasteiger partial charge in [0.05, 0.1) is 24.4 Å². The van der Waals surface area contributed by atoms with E-state index < -0.39 is 75.9 Å². The van der Waals surface area contributed by atoms with Gasteiger partial charge >= 0.3 is 17.9 Å². The Balaban J connectivity index is 1.43. The van der Waals surface area contributed by atoms with E-state index in [-0.39, 0.29) is 51.1 Å². The van der Waals surface area contributed by atoms with Gasteiger partial charge in [0.2, 0.25) is 0 Å². The first-order valence-electron chi connectivity index (χ1n) is 14.9. The zero-order valence-corrected chi connectivity index (χ0v) is 24.6. The number of allylic oxidation sites excluding steroid dienone is 1. The lowest BCUT2D eigenvalue weighted by atomic mass is 9.40. The summed E-state index contributed by atoms with van der Waals surface area (Å²) in [7, 11) is 0. The van der Waals surface area contributed by atoms with Crippen molar-refractivity contribution in [2.24, 2.45) is 16.7 Å². The maximum Gasteiger partial charge on any atom is 0.330 e. The van der Waals surface area contributed by atoms with Crippen LogP contribution in [0.4, 0.5) is 0 Å². The molecule has 11 nitrogen and oxygen atoms in total. The third kappa shape index (κ3) is 3.92. The van der Waals surface area contributed by atoms with Crippen LogP contribution in [0.15, 0.2) is 23.8 Å². The fraction of sp³-hybridized carbons (Fsp3) is 0.742. The molecule has 3 saturated heterocycles. The van der Waals surface area contributed by atoms with Crippen molar-refractivity contribution in [3.05, 3.63) is 23.8 Å². The van der Waals surface area contributed by atoms with E-state index in [0.29, 0.717) is 18.4 Å². The summed E-state index contributed by atoms with van der Waals surface area (Å²) in [6.07, 6.45) is 3.06. The van der Waals surface area contributed by atoms with Crippen molar-refractivity contribution in [3.63, 3.8) is 0 Å². The average molecular weight is 589 g/mol. The second-order valence-electron chi connectivity index (χ2n) is 13.5. The number of rotatable bonds is 2. The van der Waals surface area contributed by atoms with Crippen LogP contribution in [0, 0.1) is 16.7 Å². The third-order valence-electron chi connectivity index (χ3n) is 11.5. The number of ether oxygens (including phenoxy) is 5. The summed E-state index contributed by atoms with van der Waals surface area (Å²) >= 11 is 0. The summed E-state index contributed by atoms with van der Waals surface area (Å²) in [6, 6.07) is 0. The third-order valence-corrected chi connectivity index (χ3v) is 11.5. The monoisotopic (exact) mass is 588 g/mol. The minimum Gasteiger partial charge on any atom is -0.462 e. The van der Waals surface area contributed by atoms with E-state index in [4.69, 9.17) is 23.7 Å². The molecule has 7 aliphatic rings. The first kappa shape index (κ1) is 29.5. The fourth-order valence-electron chi connectivity index (χ4n) is 9.16. The Bertz CT molecular complexity index is 1270. The number of fused-ring (bicyclic) bond motifs is 2. The van der Waals surface area contributed by atoms with Gasteiger partial charge in [-0.05, 0) is 57.9 Å². The molecule has 0 radical (unpaired) electrons. The maximum atomic E-state index is 13.5. The topological polar surface area (TPSA) is 155 Å². The first-order chi connectivity index (χ1) is 19.7. The molecule has 1 spiro atoms. The maximum absolute atomic E-state index is 13.5. The van der Waals surface area contributed by atoms with E-state index in [0.717, 1.165) is 0 Å². The lowest BCUT2D eigenvalue weighted by Crippen LogP contribution is -2.80. The summed E-state index contributed by atoms with van der Waals surface area (Å²) in [5.41, 5.74) is -5.61. The number of Topliss-reactive ketones (excluding diaryl/α,β-unsaturated/α-hetero) is 1. The molecule has 3 aliphatic carbocycles. The number of esters is 3. The van der Waals surface area contributed by atoms with Gasteiger partial charge in [-0.3, -0.25) is 9.59 Å². The molecule has 42 heavy (non-hydrogen) atoms. The van der Waals surface area contributed by atoms with E-state index >= 15 is 0 Å². The zero-order chi connectivity index (χ0) is 30.3. The quantitative estimate of drug-likeness (QED) is 0.359. The van der Waals surface area contributed by atoms with Crippen LogP contribution in [0.2, 0.25) is 0 Å². The molecule has 230 valence electrons. The second-order valence-corrected chi connectivity index (χ2v) is 13.5. The van der Waals surface area contributed by atoms with Crippen LogP contribution >= 0.6 is 0 Å². The summed E-state index contributed by atoms with van der Waals surface area (Å²) in [4.78, 5) is 51.7. The number of aliphatic hydroxyl groups is 2. The van der Waals surface area contributed by atoms with E-state index in [1.165, 1.54) is 26.0 Å². The summed E-state index contributed by atoms with van der Waals surface area (Å²) in [5, 5.41) is 23.6. The molecule has 4 aliphatic heterocycles. The highest BCUT2D eigenvalue weighted by Crippen LogP contribution is 2.74. The van der Waals surface area contributed by atoms with E-state index in [1.54, 1.807) is 13.0 Å². The van der Waals surface area contributed by atoms with Crippen LogP contribution in [-0.4, -0.2) is 88.3 Å². The Morgan fingerprint density at radius 1 is 1.05 bits per heavy atom. The van der Waals surface area contributed by atoms with Crippen molar-refractivity contribution in [3.8, 4) is 0 Å². The number of carbonyl (C=O) groups excluding carboxylic acids is 4. The lowest BCUT2D eigenvalue weighted by molar-refractivity contribution is -0.377.